The van der Waals surface area contributed by atoms with E-state index >= 15 is 0 Å². The van der Waals surface area contributed by atoms with Crippen molar-refractivity contribution in [1.82, 2.24) is 4.98 Å². The van der Waals surface area contributed by atoms with Crippen molar-refractivity contribution < 1.29 is 13.6 Å². The summed E-state index contributed by atoms with van der Waals surface area (Å²) in [5.41, 5.74) is 5.22. The van der Waals surface area contributed by atoms with Crippen molar-refractivity contribution in [3.8, 4) is 0 Å². The Morgan fingerprint density at radius 3 is 1.97 bits per heavy atom. The average molecular weight is 453 g/mol. The second-order valence-corrected chi connectivity index (χ2v) is 6.78. The molecule has 0 aliphatic carbocycles. The number of carbonyl (C=O) groups is 1. The summed E-state index contributed by atoms with van der Waals surface area (Å²) in [6, 6.07) is 6.18. The molecule has 0 bridgehead atoms. The summed E-state index contributed by atoms with van der Waals surface area (Å²) >= 11 is 0. The number of halogens is 2. The van der Waals surface area contributed by atoms with Gasteiger partial charge < -0.3 is 16.5 Å². The van der Waals surface area contributed by atoms with Crippen molar-refractivity contribution in [2.45, 2.75) is 75.7 Å². The van der Waals surface area contributed by atoms with Gasteiger partial charge in [-0.25, -0.2) is 13.8 Å². The molecule has 1 aromatic heterocycles. The highest BCUT2D eigenvalue weighted by atomic mass is 19.1. The number of nitrogens with two attached hydrogens (primary N) is 1. The standard InChI is InChI=1S/C14H12F2N4O.C4H10.C3H8.2C2H6/c1-7(17)12-3-2-4-13(19-12)20-14(21)8-5-11(18)10(16)6-9(8)15;1-4(2)3;1-3-2;2*1-2/h2-6,17H,18H2,1H3,(H,19,20,21);4H,1-3H3;3H2,1-2H3;2*1-2H3. The van der Waals surface area contributed by atoms with Crippen LogP contribution in [-0.2, 0) is 0 Å². The van der Waals surface area contributed by atoms with Gasteiger partial charge in [-0.15, -0.1) is 0 Å². The number of carbonyl (C=O) groups excluding carboxylic acids is 1. The van der Waals surface area contributed by atoms with Gasteiger partial charge in [-0.2, -0.15) is 0 Å². The van der Waals surface area contributed by atoms with E-state index in [0.717, 1.165) is 12.0 Å². The molecule has 2 aromatic rings. The van der Waals surface area contributed by atoms with E-state index in [1.54, 1.807) is 19.1 Å². The number of nitrogen functional groups attached to an aromatic ring is 1. The van der Waals surface area contributed by atoms with Crippen molar-refractivity contribution in [2.24, 2.45) is 5.92 Å². The first-order valence-electron chi connectivity index (χ1n) is 11.1. The van der Waals surface area contributed by atoms with E-state index in [4.69, 9.17) is 11.1 Å². The van der Waals surface area contributed by atoms with Crippen molar-refractivity contribution in [3.63, 3.8) is 0 Å². The molecule has 1 amide bonds. The molecule has 0 aliphatic heterocycles. The third-order valence-corrected chi connectivity index (χ3v) is 2.71. The lowest BCUT2D eigenvalue weighted by Gasteiger charge is -2.08. The monoisotopic (exact) mass is 452 g/mol. The van der Waals surface area contributed by atoms with E-state index in [2.05, 4.69) is 44.9 Å². The molecular weight excluding hydrogens is 410 g/mol. The normalized spacial score (nSPS) is 8.78. The lowest BCUT2D eigenvalue weighted by atomic mass is 10.1. The molecule has 1 heterocycles. The molecule has 2 rings (SSSR count). The molecule has 32 heavy (non-hydrogen) atoms. The molecule has 4 N–H and O–H groups in total. The molecule has 7 heteroatoms. The number of anilines is 2. The Morgan fingerprint density at radius 1 is 1.06 bits per heavy atom. The van der Waals surface area contributed by atoms with Gasteiger partial charge in [0.25, 0.3) is 5.91 Å². The third kappa shape index (κ3) is 15.0. The largest absolute Gasteiger partial charge is 0.396 e. The van der Waals surface area contributed by atoms with Gasteiger partial charge in [0.2, 0.25) is 0 Å². The minimum atomic E-state index is -1.02. The fourth-order valence-corrected chi connectivity index (χ4v) is 1.64. The Bertz CT molecular complexity index is 791. The molecule has 0 saturated heterocycles. The van der Waals surface area contributed by atoms with Gasteiger partial charge in [0.15, 0.2) is 0 Å². The zero-order chi connectivity index (χ0) is 25.9. The molecule has 0 atom stereocenters. The summed E-state index contributed by atoms with van der Waals surface area (Å²) < 4.78 is 26.6. The fraction of sp³-hybridized carbons (Fsp3) is 0.480. The number of hydrogen-bond acceptors (Lipinski definition) is 4. The Kier molecular flexibility index (Phi) is 21.2. The Labute approximate surface area is 193 Å². The topological polar surface area (TPSA) is 91.9 Å². The van der Waals surface area contributed by atoms with Crippen LogP contribution in [0.2, 0.25) is 0 Å². The first-order chi connectivity index (χ1) is 15.0. The third-order valence-electron chi connectivity index (χ3n) is 2.71. The Morgan fingerprint density at radius 2 is 1.53 bits per heavy atom. The number of rotatable bonds is 3. The van der Waals surface area contributed by atoms with E-state index in [1.165, 1.54) is 12.5 Å². The van der Waals surface area contributed by atoms with Crippen LogP contribution in [-0.4, -0.2) is 16.6 Å². The highest BCUT2D eigenvalue weighted by molar-refractivity contribution is 6.04. The number of nitrogens with one attached hydrogen (secondary N) is 2. The number of nitrogens with zero attached hydrogens (tertiary/aromatic N) is 1. The predicted molar refractivity (Wildman–Crippen MR) is 135 cm³/mol. The van der Waals surface area contributed by atoms with Crippen LogP contribution in [0.25, 0.3) is 0 Å². The molecule has 0 fully saturated rings. The van der Waals surface area contributed by atoms with Crippen LogP contribution < -0.4 is 11.1 Å². The second kappa shape index (κ2) is 20.1. The van der Waals surface area contributed by atoms with Crippen LogP contribution in [0.5, 0.6) is 0 Å². The van der Waals surface area contributed by atoms with Gasteiger partial charge in [-0.1, -0.05) is 74.8 Å². The quantitative estimate of drug-likeness (QED) is 0.329. The van der Waals surface area contributed by atoms with Gasteiger partial charge in [0.05, 0.1) is 22.7 Å². The van der Waals surface area contributed by atoms with Crippen molar-refractivity contribution in [3.05, 3.63) is 53.2 Å². The minimum absolute atomic E-state index is 0.159. The zero-order valence-electron chi connectivity index (χ0n) is 21.4. The van der Waals surface area contributed by atoms with E-state index in [9.17, 15) is 13.6 Å². The van der Waals surface area contributed by atoms with E-state index < -0.39 is 17.5 Å². The highest BCUT2D eigenvalue weighted by Gasteiger charge is 2.15. The number of aromatic nitrogens is 1. The molecule has 182 valence electrons. The summed E-state index contributed by atoms with van der Waals surface area (Å²) in [6.45, 7) is 20.3. The van der Waals surface area contributed by atoms with Crippen molar-refractivity contribution >= 4 is 23.1 Å². The van der Waals surface area contributed by atoms with Gasteiger partial charge in [-0.05, 0) is 31.0 Å². The van der Waals surface area contributed by atoms with Gasteiger partial charge in [0, 0.05) is 6.07 Å². The maximum atomic E-state index is 13.6. The van der Waals surface area contributed by atoms with Gasteiger partial charge >= 0.3 is 0 Å². The number of amides is 1. The summed E-state index contributed by atoms with van der Waals surface area (Å²) in [5.74, 6) is -1.75. The van der Waals surface area contributed by atoms with Crippen LogP contribution >= 0.6 is 0 Å². The maximum Gasteiger partial charge on any atom is 0.259 e. The van der Waals surface area contributed by atoms with Crippen LogP contribution in [0.15, 0.2) is 30.3 Å². The summed E-state index contributed by atoms with van der Waals surface area (Å²) in [7, 11) is 0. The smallest absolute Gasteiger partial charge is 0.259 e. The fourth-order valence-electron chi connectivity index (χ4n) is 1.64. The lowest BCUT2D eigenvalue weighted by molar-refractivity contribution is 0.102. The van der Waals surface area contributed by atoms with Gasteiger partial charge in [0.1, 0.15) is 17.5 Å². The summed E-state index contributed by atoms with van der Waals surface area (Å²) in [5, 5.41) is 9.85. The average Bonchev–Trinajstić information content (AvgIpc) is 2.74. The number of hydrogen-bond donors (Lipinski definition) is 3. The summed E-state index contributed by atoms with van der Waals surface area (Å²) in [4.78, 5) is 16.0. The molecule has 1 aromatic carbocycles. The first-order valence-corrected chi connectivity index (χ1v) is 11.1. The molecular formula is C25H42F2N4O. The molecule has 0 spiro atoms. The molecule has 0 unspecified atom stereocenters. The lowest BCUT2D eigenvalue weighted by Crippen LogP contribution is -2.16. The Hall–Kier alpha value is -2.83. The van der Waals surface area contributed by atoms with Crippen LogP contribution in [0.4, 0.5) is 20.3 Å². The van der Waals surface area contributed by atoms with Crippen molar-refractivity contribution in [2.75, 3.05) is 11.1 Å². The van der Waals surface area contributed by atoms with Crippen LogP contribution in [0, 0.1) is 23.0 Å². The van der Waals surface area contributed by atoms with Crippen LogP contribution in [0.3, 0.4) is 0 Å². The summed E-state index contributed by atoms with van der Waals surface area (Å²) in [6.07, 6.45) is 1.25. The second-order valence-electron chi connectivity index (χ2n) is 6.78. The predicted octanol–water partition coefficient (Wildman–Crippen LogP) is 7.71. The number of pyridine rings is 1. The van der Waals surface area contributed by atoms with E-state index in [1.807, 2.05) is 27.7 Å². The SMILES string of the molecule is CC.CC.CC(=N)c1cccc(NC(=O)c2cc(N)c(F)cc2F)n1.CC(C)C.CCC. The van der Waals surface area contributed by atoms with E-state index in [0.29, 0.717) is 11.8 Å². The zero-order valence-corrected chi connectivity index (χ0v) is 21.4. The molecule has 0 radical (unpaired) electrons. The maximum absolute atomic E-state index is 13.6. The van der Waals surface area contributed by atoms with Crippen molar-refractivity contribution in [1.29, 1.82) is 5.41 Å². The molecule has 0 aliphatic rings. The minimum Gasteiger partial charge on any atom is -0.396 e. The highest BCUT2D eigenvalue weighted by Crippen LogP contribution is 2.18. The van der Waals surface area contributed by atoms with E-state index in [-0.39, 0.29) is 22.8 Å². The molecule has 0 saturated carbocycles. The van der Waals surface area contributed by atoms with Crippen LogP contribution in [0.1, 0.15) is 91.7 Å². The Balaban J connectivity index is -0.000000650. The van der Waals surface area contributed by atoms with Gasteiger partial charge in [-0.3, -0.25) is 4.79 Å². The number of benzene rings is 1. The molecule has 5 nitrogen and oxygen atoms in total. The first kappa shape index (κ1) is 33.8.